The second-order valence-electron chi connectivity index (χ2n) is 9.78. The van der Waals surface area contributed by atoms with Crippen molar-refractivity contribution in [3.8, 4) is 0 Å². The van der Waals surface area contributed by atoms with Crippen molar-refractivity contribution < 1.29 is 32.6 Å². The fourth-order valence-corrected chi connectivity index (χ4v) is 5.03. The van der Waals surface area contributed by atoms with Crippen molar-refractivity contribution in [3.63, 3.8) is 0 Å². The van der Waals surface area contributed by atoms with Crippen molar-refractivity contribution in [2.75, 3.05) is 51.9 Å². The van der Waals surface area contributed by atoms with Gasteiger partial charge in [0.15, 0.2) is 11.6 Å². The van der Waals surface area contributed by atoms with Crippen LogP contribution in [0.2, 0.25) is 0 Å². The van der Waals surface area contributed by atoms with E-state index in [0.717, 1.165) is 61.6 Å². The van der Waals surface area contributed by atoms with Gasteiger partial charge in [-0.15, -0.1) is 0 Å². The Morgan fingerprint density at radius 3 is 2.51 bits per heavy atom. The summed E-state index contributed by atoms with van der Waals surface area (Å²) in [5, 5.41) is 8.59. The van der Waals surface area contributed by atoms with E-state index < -0.39 is 35.7 Å². The summed E-state index contributed by atoms with van der Waals surface area (Å²) < 4.78 is 37.9. The van der Waals surface area contributed by atoms with Crippen molar-refractivity contribution in [2.24, 2.45) is 0 Å². The van der Waals surface area contributed by atoms with Crippen LogP contribution in [-0.2, 0) is 14.3 Å². The Hall–Kier alpha value is -4.10. The maximum absolute atomic E-state index is 14.2. The van der Waals surface area contributed by atoms with E-state index in [2.05, 4.69) is 25.8 Å². The van der Waals surface area contributed by atoms with E-state index in [-0.39, 0.29) is 36.0 Å². The quantitative estimate of drug-likeness (QED) is 0.310. The first-order valence-corrected chi connectivity index (χ1v) is 13.3. The van der Waals surface area contributed by atoms with Gasteiger partial charge in [0.25, 0.3) is 0 Å². The predicted molar refractivity (Wildman–Crippen MR) is 146 cm³/mol. The molecular formula is C28H34F2N6O5. The molecule has 0 saturated carbocycles. The molecule has 0 radical (unpaired) electrons. The number of piperidine rings is 1. The lowest BCUT2D eigenvalue weighted by Gasteiger charge is -2.36. The van der Waals surface area contributed by atoms with E-state index in [1.54, 1.807) is 0 Å². The van der Waals surface area contributed by atoms with Gasteiger partial charge in [-0.05, 0) is 49.6 Å². The molecule has 3 N–H and O–H groups in total. The first kappa shape index (κ1) is 29.9. The van der Waals surface area contributed by atoms with Crippen LogP contribution in [0, 0.1) is 18.6 Å². The Bertz CT molecular complexity index is 1310. The molecule has 3 heterocycles. The number of anilines is 1. The summed E-state index contributed by atoms with van der Waals surface area (Å²) in [6.45, 7) is 4.07. The Kier molecular flexibility index (Phi) is 9.84. The van der Waals surface area contributed by atoms with Gasteiger partial charge in [0.05, 0.1) is 25.0 Å². The van der Waals surface area contributed by atoms with Crippen LogP contribution in [0.3, 0.4) is 0 Å². The topological polar surface area (TPSA) is 125 Å². The number of halogens is 2. The fraction of sp³-hybridized carbons (Fsp3) is 0.429. The number of nitrogens with zero attached hydrogens (tertiary/aromatic N) is 3. The number of aryl methyl sites for hydroxylation is 1. The van der Waals surface area contributed by atoms with Crippen molar-refractivity contribution >= 4 is 23.8 Å². The van der Waals surface area contributed by atoms with Crippen molar-refractivity contribution in [1.82, 2.24) is 25.8 Å². The monoisotopic (exact) mass is 572 g/mol. The summed E-state index contributed by atoms with van der Waals surface area (Å²) in [5.74, 6) is -2.21. The number of methoxy groups -OCH3 is 2. The lowest BCUT2D eigenvalue weighted by molar-refractivity contribution is -0.137. The van der Waals surface area contributed by atoms with Crippen LogP contribution < -0.4 is 20.9 Å². The Morgan fingerprint density at radius 2 is 1.85 bits per heavy atom. The number of aromatic nitrogens is 1. The number of hydrogen-bond donors (Lipinski definition) is 3. The number of pyridine rings is 1. The molecule has 1 aromatic heterocycles. The van der Waals surface area contributed by atoms with Gasteiger partial charge in [0.2, 0.25) is 0 Å². The minimum absolute atomic E-state index is 0.0101. The van der Waals surface area contributed by atoms with Crippen LogP contribution >= 0.6 is 0 Å². The van der Waals surface area contributed by atoms with Crippen LogP contribution in [0.4, 0.5) is 24.2 Å². The number of nitrogens with one attached hydrogen (secondary N) is 3. The molecule has 41 heavy (non-hydrogen) atoms. The zero-order valence-corrected chi connectivity index (χ0v) is 23.2. The molecule has 220 valence electrons. The largest absolute Gasteiger partial charge is 0.466 e. The molecule has 11 nitrogen and oxygen atoms in total. The lowest BCUT2D eigenvalue weighted by atomic mass is 9.93. The normalized spacial score (nSPS) is 17.9. The average Bonchev–Trinajstić information content (AvgIpc) is 2.96. The van der Waals surface area contributed by atoms with Crippen LogP contribution in [-0.4, -0.2) is 81.0 Å². The predicted octanol–water partition coefficient (Wildman–Crippen LogP) is 2.78. The number of esters is 1. The highest BCUT2D eigenvalue weighted by molar-refractivity contribution is 6.01. The number of urea groups is 2. The molecular weight excluding hydrogens is 538 g/mol. The number of hydrogen-bond acceptors (Lipinski definition) is 8. The summed E-state index contributed by atoms with van der Waals surface area (Å²) in [6.07, 6.45) is 1.79. The first-order chi connectivity index (χ1) is 19.7. The smallest absolute Gasteiger partial charge is 0.338 e. The third-order valence-electron chi connectivity index (χ3n) is 7.03. The summed E-state index contributed by atoms with van der Waals surface area (Å²) in [5.41, 5.74) is 0.896. The summed E-state index contributed by atoms with van der Waals surface area (Å²) in [7, 11) is 2.49. The van der Waals surface area contributed by atoms with E-state index in [0.29, 0.717) is 6.54 Å². The molecule has 0 spiro atoms. The maximum Gasteiger partial charge on any atom is 0.338 e. The van der Waals surface area contributed by atoms with Crippen LogP contribution in [0.5, 0.6) is 0 Å². The average molecular weight is 573 g/mol. The van der Waals surface area contributed by atoms with Gasteiger partial charge in [-0.3, -0.25) is 0 Å². The van der Waals surface area contributed by atoms with E-state index in [1.807, 2.05) is 25.1 Å². The van der Waals surface area contributed by atoms with Gasteiger partial charge < -0.3 is 30.3 Å². The molecule has 1 fully saturated rings. The number of benzene rings is 1. The van der Waals surface area contributed by atoms with E-state index in [4.69, 9.17) is 9.47 Å². The molecule has 2 aromatic rings. The molecule has 1 unspecified atom stereocenters. The second-order valence-corrected chi connectivity index (χ2v) is 9.78. The Labute approximate surface area is 236 Å². The van der Waals surface area contributed by atoms with E-state index in [9.17, 15) is 23.2 Å². The van der Waals surface area contributed by atoms with Crippen molar-refractivity contribution in [2.45, 2.75) is 31.8 Å². The molecule has 1 atom stereocenters. The Morgan fingerprint density at radius 1 is 1.10 bits per heavy atom. The number of carbonyl (C=O) groups is 3. The van der Waals surface area contributed by atoms with Crippen molar-refractivity contribution in [1.29, 1.82) is 0 Å². The number of amides is 4. The number of imide groups is 1. The number of carbonyl (C=O) groups excluding carboxylic acids is 3. The van der Waals surface area contributed by atoms with E-state index in [1.165, 1.54) is 13.2 Å². The number of ether oxygens (including phenoxy) is 2. The Balaban J connectivity index is 1.42. The zero-order chi connectivity index (χ0) is 29.5. The van der Waals surface area contributed by atoms with Crippen LogP contribution in [0.25, 0.3) is 0 Å². The second kappa shape index (κ2) is 13.5. The molecule has 1 saturated heterocycles. The fourth-order valence-electron chi connectivity index (χ4n) is 5.03. The summed E-state index contributed by atoms with van der Waals surface area (Å²) in [4.78, 5) is 46.7. The summed E-state index contributed by atoms with van der Waals surface area (Å²) in [6, 6.07) is 6.04. The molecule has 4 amide bonds. The molecule has 2 aliphatic heterocycles. The minimum Gasteiger partial charge on any atom is -0.466 e. The van der Waals surface area contributed by atoms with Crippen LogP contribution in [0.1, 0.15) is 30.1 Å². The minimum atomic E-state index is -1.39. The van der Waals surface area contributed by atoms with Gasteiger partial charge in [-0.2, -0.15) is 0 Å². The summed E-state index contributed by atoms with van der Waals surface area (Å²) >= 11 is 0. The van der Waals surface area contributed by atoms with Gasteiger partial charge in [0, 0.05) is 45.0 Å². The highest BCUT2D eigenvalue weighted by atomic mass is 19.2. The third-order valence-corrected chi connectivity index (χ3v) is 7.03. The highest BCUT2D eigenvalue weighted by Gasteiger charge is 2.43. The van der Waals surface area contributed by atoms with Crippen LogP contribution in [0.15, 0.2) is 47.7 Å². The highest BCUT2D eigenvalue weighted by Crippen LogP contribution is 2.35. The molecule has 4 rings (SSSR count). The molecule has 13 heteroatoms. The first-order valence-electron chi connectivity index (χ1n) is 13.3. The van der Waals surface area contributed by atoms with Gasteiger partial charge in [0.1, 0.15) is 11.9 Å². The van der Waals surface area contributed by atoms with Gasteiger partial charge in [-0.1, -0.05) is 12.1 Å². The zero-order valence-electron chi connectivity index (χ0n) is 23.2. The molecule has 0 aliphatic carbocycles. The van der Waals surface area contributed by atoms with Gasteiger partial charge in [-0.25, -0.2) is 33.0 Å². The SMILES string of the molecule is COCC1=C(C(=O)OC)C(c2ccc(F)c(F)c2)N(C(=O)NCCNC2CCN(c3cccc(C)n3)CC2)C(=O)N1. The van der Waals surface area contributed by atoms with Crippen molar-refractivity contribution in [3.05, 3.63) is 70.6 Å². The molecule has 1 aromatic carbocycles. The lowest BCUT2D eigenvalue weighted by Crippen LogP contribution is -2.56. The van der Waals surface area contributed by atoms with Gasteiger partial charge >= 0.3 is 18.0 Å². The molecule has 2 aliphatic rings. The number of rotatable bonds is 9. The van der Waals surface area contributed by atoms with E-state index >= 15 is 0 Å². The maximum atomic E-state index is 14.2. The molecule has 0 bridgehead atoms. The third kappa shape index (κ3) is 6.98. The standard InChI is InChI=1S/C28H34F2N6O5/c1-17-5-4-6-23(33-17)35-13-9-19(10-14-35)31-11-12-32-27(38)36-25(18-7-8-20(29)21(30)15-18)24(26(37)41-3)22(16-40-2)34-28(36)39/h4-8,15,19,25,31H,9-14,16H2,1-3H3,(H,32,38)(H,34,39).